The van der Waals surface area contributed by atoms with Crippen LogP contribution in [0.4, 0.5) is 5.82 Å². The van der Waals surface area contributed by atoms with Crippen molar-refractivity contribution >= 4 is 22.8 Å². The Balaban J connectivity index is 1.29. The topological polar surface area (TPSA) is 128 Å². The molecule has 0 unspecified atom stereocenters. The number of nitroso groups, excluding NO2 is 1. The molecule has 1 aliphatic rings. The molecule has 1 saturated heterocycles. The number of nitrogens with zero attached hydrogens (tertiary/aromatic N) is 6. The minimum absolute atomic E-state index is 0.570. The van der Waals surface area contributed by atoms with E-state index in [0.717, 1.165) is 33.7 Å². The van der Waals surface area contributed by atoms with E-state index in [-0.39, 0.29) is 0 Å². The van der Waals surface area contributed by atoms with Crippen LogP contribution in [-0.4, -0.2) is 38.9 Å². The largest absolute Gasteiger partial charge is 0.357 e. The van der Waals surface area contributed by atoms with E-state index in [4.69, 9.17) is 5.26 Å². The van der Waals surface area contributed by atoms with Gasteiger partial charge in [0, 0.05) is 41.8 Å². The molecular formula is C25H21N7O2. The van der Waals surface area contributed by atoms with Crippen molar-refractivity contribution in [2.24, 2.45) is 10.6 Å². The lowest BCUT2D eigenvalue weighted by atomic mass is 9.80. The Morgan fingerprint density at radius 1 is 1.09 bits per heavy atom. The van der Waals surface area contributed by atoms with Gasteiger partial charge in [-0.1, -0.05) is 6.92 Å². The van der Waals surface area contributed by atoms with Gasteiger partial charge >= 0.3 is 0 Å². The van der Waals surface area contributed by atoms with E-state index < -0.39 is 11.3 Å². The number of nitriles is 1. The fraction of sp³-hybridized carbons (Fsp3) is 0.240. The van der Waals surface area contributed by atoms with Crippen molar-refractivity contribution in [3.05, 3.63) is 65.3 Å². The van der Waals surface area contributed by atoms with E-state index in [1.165, 1.54) is 0 Å². The van der Waals surface area contributed by atoms with Gasteiger partial charge in [-0.2, -0.15) is 5.26 Å². The molecule has 0 atom stereocenters. The van der Waals surface area contributed by atoms with Crippen LogP contribution in [0.5, 0.6) is 0 Å². The van der Waals surface area contributed by atoms with E-state index >= 15 is 0 Å². The normalized spacial score (nSPS) is 15.1. The number of carbonyl (C=O) groups excluding carboxylic acids is 1. The number of aromatic amines is 1. The quantitative estimate of drug-likeness (QED) is 0.454. The summed E-state index contributed by atoms with van der Waals surface area (Å²) in [5.41, 5.74) is 4.03. The summed E-state index contributed by atoms with van der Waals surface area (Å²) in [5, 5.41) is 11.7. The molecule has 4 heterocycles. The lowest BCUT2D eigenvalue weighted by molar-refractivity contribution is -0.127. The van der Waals surface area contributed by atoms with Crippen LogP contribution in [0.15, 0.2) is 60.0 Å². The van der Waals surface area contributed by atoms with Crippen molar-refractivity contribution in [2.75, 3.05) is 18.0 Å². The Labute approximate surface area is 195 Å². The van der Waals surface area contributed by atoms with E-state index in [1.807, 2.05) is 30.3 Å². The smallest absolute Gasteiger partial charge is 0.292 e. The molecule has 1 fully saturated rings. The van der Waals surface area contributed by atoms with Crippen molar-refractivity contribution in [3.8, 4) is 28.7 Å². The van der Waals surface area contributed by atoms with Crippen molar-refractivity contribution in [3.63, 3.8) is 0 Å². The second-order valence-electron chi connectivity index (χ2n) is 8.71. The van der Waals surface area contributed by atoms with Gasteiger partial charge in [-0.25, -0.2) is 9.97 Å². The number of imidazole rings is 1. The first kappa shape index (κ1) is 21.4. The second-order valence-corrected chi connectivity index (χ2v) is 8.71. The first-order chi connectivity index (χ1) is 16.5. The maximum atomic E-state index is 11.8. The Morgan fingerprint density at radius 2 is 1.85 bits per heavy atom. The Bertz CT molecular complexity index is 1410. The Kier molecular flexibility index (Phi) is 5.34. The first-order valence-corrected chi connectivity index (χ1v) is 10.9. The SMILES string of the molecule is CC1(C(=O)N=O)CCN(c2ccc(-c3ccc(-c4nc5ccc(C#N)cc5[nH]4)cn3)cn2)CC1. The van der Waals surface area contributed by atoms with Crippen LogP contribution in [-0.2, 0) is 4.79 Å². The molecule has 168 valence electrons. The number of piperidine rings is 1. The van der Waals surface area contributed by atoms with Crippen LogP contribution in [0.3, 0.4) is 0 Å². The van der Waals surface area contributed by atoms with Gasteiger partial charge in [0.1, 0.15) is 11.6 Å². The number of carbonyl (C=O) groups is 1. The number of amides is 1. The number of aromatic nitrogens is 4. The predicted molar refractivity (Wildman–Crippen MR) is 128 cm³/mol. The van der Waals surface area contributed by atoms with Crippen LogP contribution in [0, 0.1) is 21.7 Å². The lowest BCUT2D eigenvalue weighted by Crippen LogP contribution is -2.42. The van der Waals surface area contributed by atoms with Gasteiger partial charge in [0.25, 0.3) is 5.91 Å². The van der Waals surface area contributed by atoms with Crippen LogP contribution < -0.4 is 4.90 Å². The van der Waals surface area contributed by atoms with E-state index in [0.29, 0.717) is 37.3 Å². The number of hydrogen-bond acceptors (Lipinski definition) is 7. The third-order valence-electron chi connectivity index (χ3n) is 6.48. The molecular weight excluding hydrogens is 430 g/mol. The molecule has 5 rings (SSSR count). The average Bonchev–Trinajstić information content (AvgIpc) is 3.32. The molecule has 1 aromatic carbocycles. The highest BCUT2D eigenvalue weighted by Gasteiger charge is 2.38. The van der Waals surface area contributed by atoms with Gasteiger partial charge in [-0.05, 0) is 55.3 Å². The summed E-state index contributed by atoms with van der Waals surface area (Å²) in [6, 6.07) is 15.3. The maximum Gasteiger partial charge on any atom is 0.292 e. The molecule has 9 nitrogen and oxygen atoms in total. The number of fused-ring (bicyclic) bond motifs is 1. The third kappa shape index (κ3) is 3.90. The number of H-pyrrole nitrogens is 1. The Hall–Kier alpha value is -4.45. The molecule has 4 aromatic rings. The fourth-order valence-electron chi connectivity index (χ4n) is 4.20. The van der Waals surface area contributed by atoms with E-state index in [9.17, 15) is 9.70 Å². The zero-order valence-corrected chi connectivity index (χ0v) is 18.5. The van der Waals surface area contributed by atoms with Crippen LogP contribution in [0.1, 0.15) is 25.3 Å². The molecule has 1 aliphatic heterocycles. The van der Waals surface area contributed by atoms with Crippen molar-refractivity contribution in [1.82, 2.24) is 19.9 Å². The van der Waals surface area contributed by atoms with Gasteiger partial charge in [0.15, 0.2) is 0 Å². The summed E-state index contributed by atoms with van der Waals surface area (Å²) in [7, 11) is 0. The van der Waals surface area contributed by atoms with Crippen molar-refractivity contribution in [2.45, 2.75) is 19.8 Å². The summed E-state index contributed by atoms with van der Waals surface area (Å²) in [6.45, 7) is 3.09. The van der Waals surface area contributed by atoms with Gasteiger partial charge < -0.3 is 9.88 Å². The van der Waals surface area contributed by atoms with Crippen LogP contribution in [0.25, 0.3) is 33.7 Å². The van der Waals surface area contributed by atoms with Gasteiger partial charge in [0.05, 0.1) is 33.8 Å². The summed E-state index contributed by atoms with van der Waals surface area (Å²) in [6.07, 6.45) is 4.69. The second kappa shape index (κ2) is 8.48. The molecule has 0 radical (unpaired) electrons. The molecule has 9 heteroatoms. The highest BCUT2D eigenvalue weighted by atomic mass is 16.3. The average molecular weight is 451 g/mol. The number of anilines is 1. The zero-order chi connectivity index (χ0) is 23.7. The van der Waals surface area contributed by atoms with Crippen molar-refractivity contribution < 1.29 is 4.79 Å². The zero-order valence-electron chi connectivity index (χ0n) is 18.5. The minimum Gasteiger partial charge on any atom is -0.357 e. The molecule has 0 bridgehead atoms. The standard InChI is InChI=1S/C25H21N7O2/c1-25(24(33)31-34)8-10-32(11-9-25)22-7-4-17(14-28-22)19-6-3-18(15-27-19)23-29-20-5-2-16(13-26)12-21(20)30-23/h2-7,12,14-15H,8-11H2,1H3,(H,29,30). The molecule has 0 aliphatic carbocycles. The molecule has 3 aromatic heterocycles. The number of hydrogen-bond donors (Lipinski definition) is 1. The number of pyridine rings is 2. The molecule has 0 spiro atoms. The summed E-state index contributed by atoms with van der Waals surface area (Å²) in [5.74, 6) is 0.950. The molecule has 1 N–H and O–H groups in total. The Morgan fingerprint density at radius 3 is 2.50 bits per heavy atom. The van der Waals surface area contributed by atoms with Gasteiger partial charge in [-0.3, -0.25) is 9.78 Å². The van der Waals surface area contributed by atoms with E-state index in [1.54, 1.807) is 31.5 Å². The highest BCUT2D eigenvalue weighted by molar-refractivity contribution is 5.83. The summed E-state index contributed by atoms with van der Waals surface area (Å²) < 4.78 is 0. The van der Waals surface area contributed by atoms with Crippen molar-refractivity contribution in [1.29, 1.82) is 5.26 Å². The third-order valence-corrected chi connectivity index (χ3v) is 6.48. The number of rotatable bonds is 4. The molecule has 1 amide bonds. The monoisotopic (exact) mass is 451 g/mol. The number of benzene rings is 1. The summed E-state index contributed by atoms with van der Waals surface area (Å²) >= 11 is 0. The van der Waals surface area contributed by atoms with E-state index in [2.05, 4.69) is 36.1 Å². The van der Waals surface area contributed by atoms with Gasteiger partial charge in [0.2, 0.25) is 0 Å². The first-order valence-electron chi connectivity index (χ1n) is 10.9. The fourth-order valence-corrected chi connectivity index (χ4v) is 4.20. The maximum absolute atomic E-state index is 11.8. The van der Waals surface area contributed by atoms with Crippen LogP contribution in [0.2, 0.25) is 0 Å². The van der Waals surface area contributed by atoms with Gasteiger partial charge in [-0.15, -0.1) is 4.91 Å². The van der Waals surface area contributed by atoms with Crippen LogP contribution >= 0.6 is 0 Å². The highest BCUT2D eigenvalue weighted by Crippen LogP contribution is 2.34. The predicted octanol–water partition coefficient (Wildman–Crippen LogP) is 4.46. The molecule has 34 heavy (non-hydrogen) atoms. The molecule has 0 saturated carbocycles. The minimum atomic E-state index is -0.679. The lowest BCUT2D eigenvalue weighted by Gasteiger charge is -2.37. The summed E-state index contributed by atoms with van der Waals surface area (Å²) in [4.78, 5) is 41.5. The number of nitrogens with one attached hydrogen (secondary N) is 1.